The number of nitrogens with one attached hydrogen (secondary N) is 1. The SMILES string of the molecule is O=c1[nH]c2cc[c-]cc2o1.[Y]. The first-order valence-corrected chi connectivity index (χ1v) is 2.85. The van der Waals surface area contributed by atoms with E-state index in [9.17, 15) is 4.79 Å². The van der Waals surface area contributed by atoms with Gasteiger partial charge in [-0.2, -0.15) is 12.1 Å². The summed E-state index contributed by atoms with van der Waals surface area (Å²) in [5.41, 5.74) is 1.26. The zero-order valence-corrected chi connectivity index (χ0v) is 8.46. The molecule has 0 aliphatic carbocycles. The summed E-state index contributed by atoms with van der Waals surface area (Å²) in [6.45, 7) is 0. The zero-order chi connectivity index (χ0) is 6.97. The van der Waals surface area contributed by atoms with Gasteiger partial charge in [0.05, 0.1) is 0 Å². The fourth-order valence-corrected chi connectivity index (χ4v) is 0.838. The van der Waals surface area contributed by atoms with Gasteiger partial charge in [-0.3, -0.25) is 0 Å². The quantitative estimate of drug-likeness (QED) is 0.675. The molecule has 2 aromatic rings. The van der Waals surface area contributed by atoms with Crippen LogP contribution >= 0.6 is 0 Å². The summed E-state index contributed by atoms with van der Waals surface area (Å²) in [6.07, 6.45) is 0. The summed E-state index contributed by atoms with van der Waals surface area (Å²) < 4.78 is 4.73. The minimum absolute atomic E-state index is 0. The Labute approximate surface area is 87.7 Å². The molecule has 0 saturated heterocycles. The van der Waals surface area contributed by atoms with Crippen LogP contribution in [0.1, 0.15) is 0 Å². The zero-order valence-electron chi connectivity index (χ0n) is 5.63. The first kappa shape index (κ1) is 8.69. The summed E-state index contributed by atoms with van der Waals surface area (Å²) in [5, 5.41) is 0. The molecule has 0 bridgehead atoms. The fraction of sp³-hybridized carbons (Fsp3) is 0. The van der Waals surface area contributed by atoms with Gasteiger partial charge in [0.2, 0.25) is 0 Å². The van der Waals surface area contributed by atoms with Crippen LogP contribution in [-0.4, -0.2) is 4.98 Å². The van der Waals surface area contributed by atoms with Gasteiger partial charge in [-0.05, 0) is 5.52 Å². The van der Waals surface area contributed by atoms with E-state index in [1.807, 2.05) is 0 Å². The standard InChI is InChI=1S/C7H4NO2.Y/c9-7-8-5-3-1-2-4-6(5)10-7;/h1,3-4H,(H,8,9);/q-1;. The maximum Gasteiger partial charge on any atom is 0.403 e. The predicted octanol–water partition coefficient (Wildman–Crippen LogP) is 0.919. The maximum absolute atomic E-state index is 10.6. The third kappa shape index (κ3) is 1.60. The third-order valence-electron chi connectivity index (χ3n) is 1.27. The second-order valence-corrected chi connectivity index (χ2v) is 1.94. The van der Waals surface area contributed by atoms with Crippen LogP contribution in [0.25, 0.3) is 11.1 Å². The van der Waals surface area contributed by atoms with E-state index in [4.69, 9.17) is 4.42 Å². The molecule has 1 heterocycles. The summed E-state index contributed by atoms with van der Waals surface area (Å²) >= 11 is 0. The number of aromatic nitrogens is 1. The number of oxazole rings is 1. The van der Waals surface area contributed by atoms with E-state index in [-0.39, 0.29) is 32.7 Å². The topological polar surface area (TPSA) is 46.0 Å². The number of hydrogen-bond donors (Lipinski definition) is 1. The Kier molecular flexibility index (Phi) is 2.63. The largest absolute Gasteiger partial charge is 0.472 e. The Morgan fingerprint density at radius 1 is 1.55 bits per heavy atom. The molecule has 1 radical (unpaired) electrons. The van der Waals surface area contributed by atoms with Gasteiger partial charge in [0.1, 0.15) is 0 Å². The van der Waals surface area contributed by atoms with Crippen molar-refractivity contribution in [2.75, 3.05) is 0 Å². The molecule has 1 N–H and O–H groups in total. The first-order valence-electron chi connectivity index (χ1n) is 2.85. The van der Waals surface area contributed by atoms with Gasteiger partial charge in [0.25, 0.3) is 0 Å². The monoisotopic (exact) mass is 223 g/mol. The van der Waals surface area contributed by atoms with Crippen molar-refractivity contribution < 1.29 is 37.1 Å². The summed E-state index contributed by atoms with van der Waals surface area (Å²) in [6, 6.07) is 7.87. The normalized spacial score (nSPS) is 9.45. The van der Waals surface area contributed by atoms with E-state index in [2.05, 4.69) is 11.1 Å². The second-order valence-electron chi connectivity index (χ2n) is 1.94. The molecule has 1 aromatic heterocycles. The molecule has 0 aliphatic rings. The Balaban J connectivity index is 0.000000605. The van der Waals surface area contributed by atoms with E-state index in [1.165, 1.54) is 0 Å². The summed E-state index contributed by atoms with van der Waals surface area (Å²) in [4.78, 5) is 13.1. The number of rotatable bonds is 0. The molecule has 0 fully saturated rings. The molecule has 0 spiro atoms. The van der Waals surface area contributed by atoms with Gasteiger partial charge >= 0.3 is 5.76 Å². The predicted molar refractivity (Wildman–Crippen MR) is 35.7 cm³/mol. The van der Waals surface area contributed by atoms with Gasteiger partial charge in [0, 0.05) is 38.3 Å². The molecule has 0 saturated carbocycles. The smallest absolute Gasteiger partial charge is 0.403 e. The molecule has 0 unspecified atom stereocenters. The number of aromatic amines is 1. The van der Waals surface area contributed by atoms with E-state index in [0.717, 1.165) is 0 Å². The van der Waals surface area contributed by atoms with Gasteiger partial charge in [-0.1, -0.05) is 0 Å². The Bertz CT molecular complexity index is 368. The van der Waals surface area contributed by atoms with Gasteiger partial charge < -0.3 is 9.40 Å². The summed E-state index contributed by atoms with van der Waals surface area (Å²) in [5.74, 6) is -0.422. The van der Waals surface area contributed by atoms with Crippen molar-refractivity contribution in [3.05, 3.63) is 34.8 Å². The van der Waals surface area contributed by atoms with Gasteiger partial charge in [-0.15, -0.1) is 12.1 Å². The van der Waals surface area contributed by atoms with E-state index < -0.39 is 5.76 Å². The van der Waals surface area contributed by atoms with Crippen molar-refractivity contribution in [1.29, 1.82) is 0 Å². The van der Waals surface area contributed by atoms with E-state index >= 15 is 0 Å². The summed E-state index contributed by atoms with van der Waals surface area (Å²) in [7, 11) is 0. The van der Waals surface area contributed by atoms with Crippen molar-refractivity contribution in [1.82, 2.24) is 4.98 Å². The molecule has 1 aromatic carbocycles. The van der Waals surface area contributed by atoms with Crippen LogP contribution in [0.3, 0.4) is 0 Å². The molecule has 0 atom stereocenters. The molecular formula is C7H4NO2Y-. The van der Waals surface area contributed by atoms with Crippen LogP contribution in [0, 0.1) is 6.07 Å². The third-order valence-corrected chi connectivity index (χ3v) is 1.27. The van der Waals surface area contributed by atoms with Crippen LogP contribution in [0.4, 0.5) is 0 Å². The molecule has 11 heavy (non-hydrogen) atoms. The van der Waals surface area contributed by atoms with E-state index in [0.29, 0.717) is 11.1 Å². The van der Waals surface area contributed by atoms with Crippen molar-refractivity contribution in [3.63, 3.8) is 0 Å². The van der Waals surface area contributed by atoms with Crippen molar-refractivity contribution >= 4 is 11.1 Å². The molecular weight excluding hydrogens is 219 g/mol. The number of benzene rings is 1. The first-order chi connectivity index (χ1) is 4.86. The molecule has 0 aliphatic heterocycles. The van der Waals surface area contributed by atoms with E-state index in [1.54, 1.807) is 18.2 Å². The van der Waals surface area contributed by atoms with Crippen LogP contribution in [0.2, 0.25) is 0 Å². The number of hydrogen-bond acceptors (Lipinski definition) is 2. The fourth-order valence-electron chi connectivity index (χ4n) is 0.838. The van der Waals surface area contributed by atoms with Crippen molar-refractivity contribution in [2.45, 2.75) is 0 Å². The molecule has 53 valence electrons. The minimum Gasteiger partial charge on any atom is -0.472 e. The number of H-pyrrole nitrogens is 1. The second kappa shape index (κ2) is 3.33. The number of fused-ring (bicyclic) bond motifs is 1. The Hall–Kier alpha value is -0.406. The van der Waals surface area contributed by atoms with Crippen LogP contribution in [0.15, 0.2) is 27.4 Å². The minimum atomic E-state index is -0.422. The molecule has 2 rings (SSSR count). The Morgan fingerprint density at radius 2 is 2.36 bits per heavy atom. The average molecular weight is 223 g/mol. The van der Waals surface area contributed by atoms with Gasteiger partial charge in [-0.25, -0.2) is 4.79 Å². The van der Waals surface area contributed by atoms with Crippen LogP contribution < -0.4 is 5.76 Å². The molecule has 4 heteroatoms. The maximum atomic E-state index is 10.6. The van der Waals surface area contributed by atoms with Crippen LogP contribution in [0.5, 0.6) is 0 Å². The molecule has 3 nitrogen and oxygen atoms in total. The molecule has 0 amide bonds. The van der Waals surface area contributed by atoms with Crippen molar-refractivity contribution in [3.8, 4) is 0 Å². The Morgan fingerprint density at radius 3 is 3.09 bits per heavy atom. The van der Waals surface area contributed by atoms with Crippen LogP contribution in [-0.2, 0) is 32.7 Å². The average Bonchev–Trinajstić information content (AvgIpc) is 2.27. The van der Waals surface area contributed by atoms with Gasteiger partial charge in [0.15, 0.2) is 0 Å². The van der Waals surface area contributed by atoms with Crippen molar-refractivity contribution in [2.24, 2.45) is 0 Å².